The number of hydrogen-bond donors (Lipinski definition) is 2. The van der Waals surface area contributed by atoms with Crippen molar-refractivity contribution in [3.8, 4) is 0 Å². The van der Waals surface area contributed by atoms with Gasteiger partial charge in [0, 0.05) is 12.3 Å². The molecule has 0 radical (unpaired) electrons. The number of rotatable bonds is 5. The van der Waals surface area contributed by atoms with E-state index in [9.17, 15) is 9.59 Å². The van der Waals surface area contributed by atoms with Gasteiger partial charge in [-0.15, -0.1) is 0 Å². The summed E-state index contributed by atoms with van der Waals surface area (Å²) in [5, 5.41) is 11.8. The van der Waals surface area contributed by atoms with E-state index in [1.165, 1.54) is 0 Å². The first-order valence-electron chi connectivity index (χ1n) is 6.15. The molecule has 1 aliphatic rings. The van der Waals surface area contributed by atoms with Gasteiger partial charge in [-0.25, -0.2) is 4.79 Å². The first kappa shape index (κ1) is 12.6. The Kier molecular flexibility index (Phi) is 3.65. The summed E-state index contributed by atoms with van der Waals surface area (Å²) in [6.45, 7) is 2.00. The number of aliphatic carboxylic acids is 1. The number of carbonyl (C=O) groups excluding carboxylic acids is 1. The maximum Gasteiger partial charge on any atom is 0.326 e. The van der Waals surface area contributed by atoms with Crippen LogP contribution in [0.15, 0.2) is 30.3 Å². The lowest BCUT2D eigenvalue weighted by molar-refractivity contribution is -0.142. The second kappa shape index (κ2) is 5.21. The second-order valence-corrected chi connectivity index (χ2v) is 4.91. The first-order chi connectivity index (χ1) is 8.58. The van der Waals surface area contributed by atoms with Crippen LogP contribution in [0.4, 0.5) is 0 Å². The highest BCUT2D eigenvalue weighted by Gasteiger charge is 2.40. The largest absolute Gasteiger partial charge is 0.480 e. The molecule has 0 heterocycles. The van der Waals surface area contributed by atoms with E-state index < -0.39 is 12.0 Å². The minimum absolute atomic E-state index is 0.00243. The molecule has 4 nitrogen and oxygen atoms in total. The van der Waals surface area contributed by atoms with Gasteiger partial charge in [0.05, 0.1) is 0 Å². The maximum absolute atomic E-state index is 11.7. The van der Waals surface area contributed by atoms with Crippen LogP contribution < -0.4 is 5.32 Å². The molecule has 0 spiro atoms. The van der Waals surface area contributed by atoms with Crippen molar-refractivity contribution < 1.29 is 14.7 Å². The molecule has 1 aromatic rings. The average Bonchev–Trinajstić information content (AvgIpc) is 3.07. The van der Waals surface area contributed by atoms with Crippen LogP contribution in [0.2, 0.25) is 0 Å². The average molecular weight is 247 g/mol. The highest BCUT2D eigenvalue weighted by molar-refractivity contribution is 5.86. The lowest BCUT2D eigenvalue weighted by Crippen LogP contribution is -2.43. The lowest BCUT2D eigenvalue weighted by atomic mass is 10.1. The standard InChI is InChI=1S/C14H17NO3/c1-9-7-11(9)13(16)15-12(14(17)18)8-10-5-3-2-4-6-10/h2-6,9,11-12H,7-8H2,1H3,(H,15,16)(H,17,18)/t9-,11+,12+/m0/s1. The van der Waals surface area contributed by atoms with Crippen LogP contribution in [0.25, 0.3) is 0 Å². The van der Waals surface area contributed by atoms with Crippen LogP contribution >= 0.6 is 0 Å². The van der Waals surface area contributed by atoms with Crippen molar-refractivity contribution in [1.82, 2.24) is 5.32 Å². The third-order valence-electron chi connectivity index (χ3n) is 3.34. The van der Waals surface area contributed by atoms with Gasteiger partial charge in [-0.2, -0.15) is 0 Å². The minimum Gasteiger partial charge on any atom is -0.480 e. The van der Waals surface area contributed by atoms with Gasteiger partial charge in [0.25, 0.3) is 0 Å². The van der Waals surface area contributed by atoms with E-state index >= 15 is 0 Å². The third kappa shape index (κ3) is 3.09. The van der Waals surface area contributed by atoms with Gasteiger partial charge in [-0.3, -0.25) is 4.79 Å². The summed E-state index contributed by atoms with van der Waals surface area (Å²) in [6, 6.07) is 8.48. The molecule has 0 bridgehead atoms. The molecule has 0 saturated heterocycles. The number of nitrogens with one attached hydrogen (secondary N) is 1. The Hall–Kier alpha value is -1.84. The molecule has 1 amide bonds. The zero-order valence-electron chi connectivity index (χ0n) is 10.3. The van der Waals surface area contributed by atoms with E-state index in [0.717, 1.165) is 12.0 Å². The Balaban J connectivity index is 1.96. The molecule has 96 valence electrons. The third-order valence-corrected chi connectivity index (χ3v) is 3.34. The van der Waals surface area contributed by atoms with E-state index in [-0.39, 0.29) is 11.8 Å². The van der Waals surface area contributed by atoms with Crippen molar-refractivity contribution in [2.45, 2.75) is 25.8 Å². The van der Waals surface area contributed by atoms with Gasteiger partial charge in [-0.05, 0) is 17.9 Å². The van der Waals surface area contributed by atoms with Crippen LogP contribution in [0, 0.1) is 11.8 Å². The molecular formula is C14H17NO3. The smallest absolute Gasteiger partial charge is 0.326 e. The van der Waals surface area contributed by atoms with Gasteiger partial charge in [0.15, 0.2) is 0 Å². The molecule has 1 aliphatic carbocycles. The topological polar surface area (TPSA) is 66.4 Å². The highest BCUT2D eigenvalue weighted by Crippen LogP contribution is 2.37. The Labute approximate surface area is 106 Å². The Morgan fingerprint density at radius 1 is 1.39 bits per heavy atom. The summed E-state index contributed by atoms with van der Waals surface area (Å²) in [6.07, 6.45) is 1.19. The quantitative estimate of drug-likeness (QED) is 0.827. The molecule has 1 aromatic carbocycles. The molecule has 1 fully saturated rings. The molecule has 4 heteroatoms. The summed E-state index contributed by atoms with van der Waals surface area (Å²) in [5.41, 5.74) is 0.911. The first-order valence-corrected chi connectivity index (χ1v) is 6.15. The molecule has 2 N–H and O–H groups in total. The summed E-state index contributed by atoms with van der Waals surface area (Å²) in [7, 11) is 0. The van der Waals surface area contributed by atoms with Crippen molar-refractivity contribution in [3.05, 3.63) is 35.9 Å². The molecular weight excluding hydrogens is 230 g/mol. The van der Waals surface area contributed by atoms with Crippen molar-refractivity contribution >= 4 is 11.9 Å². The monoisotopic (exact) mass is 247 g/mol. The number of carboxylic acid groups (broad SMARTS) is 1. The van der Waals surface area contributed by atoms with Gasteiger partial charge >= 0.3 is 5.97 Å². The Bertz CT molecular complexity index is 444. The van der Waals surface area contributed by atoms with E-state index in [1.807, 2.05) is 37.3 Å². The summed E-state index contributed by atoms with van der Waals surface area (Å²) in [5.74, 6) is -0.731. The van der Waals surface area contributed by atoms with Gasteiger partial charge in [0.2, 0.25) is 5.91 Å². The van der Waals surface area contributed by atoms with E-state index in [0.29, 0.717) is 12.3 Å². The molecule has 1 saturated carbocycles. The normalized spacial score (nSPS) is 23.2. The van der Waals surface area contributed by atoms with Gasteiger partial charge in [0.1, 0.15) is 6.04 Å². The Morgan fingerprint density at radius 3 is 2.50 bits per heavy atom. The van der Waals surface area contributed by atoms with Crippen molar-refractivity contribution in [2.24, 2.45) is 11.8 Å². The zero-order valence-corrected chi connectivity index (χ0v) is 10.3. The predicted octanol–water partition coefficient (Wildman–Crippen LogP) is 1.45. The molecule has 3 atom stereocenters. The molecule has 0 aliphatic heterocycles. The molecule has 0 aromatic heterocycles. The van der Waals surface area contributed by atoms with E-state index in [2.05, 4.69) is 5.32 Å². The second-order valence-electron chi connectivity index (χ2n) is 4.91. The predicted molar refractivity (Wildman–Crippen MR) is 67.0 cm³/mol. The number of amides is 1. The van der Waals surface area contributed by atoms with Crippen LogP contribution in [0.5, 0.6) is 0 Å². The molecule has 0 unspecified atom stereocenters. The summed E-state index contributed by atoms with van der Waals surface area (Å²) < 4.78 is 0. The van der Waals surface area contributed by atoms with Crippen molar-refractivity contribution in [2.75, 3.05) is 0 Å². The molecule has 18 heavy (non-hydrogen) atoms. The van der Waals surface area contributed by atoms with E-state index in [4.69, 9.17) is 5.11 Å². The fraction of sp³-hybridized carbons (Fsp3) is 0.429. The van der Waals surface area contributed by atoms with Crippen LogP contribution in [-0.2, 0) is 16.0 Å². The summed E-state index contributed by atoms with van der Waals surface area (Å²) >= 11 is 0. The van der Waals surface area contributed by atoms with E-state index in [1.54, 1.807) is 0 Å². The Morgan fingerprint density at radius 2 is 2.00 bits per heavy atom. The van der Waals surface area contributed by atoms with Crippen LogP contribution in [0.1, 0.15) is 18.9 Å². The number of hydrogen-bond acceptors (Lipinski definition) is 2. The van der Waals surface area contributed by atoms with Crippen LogP contribution in [-0.4, -0.2) is 23.0 Å². The maximum atomic E-state index is 11.7. The minimum atomic E-state index is -0.986. The number of benzene rings is 1. The fourth-order valence-corrected chi connectivity index (χ4v) is 2.02. The van der Waals surface area contributed by atoms with Crippen LogP contribution in [0.3, 0.4) is 0 Å². The van der Waals surface area contributed by atoms with Gasteiger partial charge < -0.3 is 10.4 Å². The number of carboxylic acids is 1. The SMILES string of the molecule is C[C@H]1C[C@H]1C(=O)N[C@H](Cc1ccccc1)C(=O)O. The zero-order chi connectivity index (χ0) is 13.1. The summed E-state index contributed by atoms with van der Waals surface area (Å²) in [4.78, 5) is 22.9. The highest BCUT2D eigenvalue weighted by atomic mass is 16.4. The van der Waals surface area contributed by atoms with Gasteiger partial charge in [-0.1, -0.05) is 37.3 Å². The number of carbonyl (C=O) groups is 2. The van der Waals surface area contributed by atoms with Crippen molar-refractivity contribution in [3.63, 3.8) is 0 Å². The lowest BCUT2D eigenvalue weighted by Gasteiger charge is -2.14. The molecule has 2 rings (SSSR count). The van der Waals surface area contributed by atoms with Crippen molar-refractivity contribution in [1.29, 1.82) is 0 Å². The fourth-order valence-electron chi connectivity index (χ4n) is 2.02.